The van der Waals surface area contributed by atoms with E-state index in [1.807, 2.05) is 36.4 Å². The predicted molar refractivity (Wildman–Crippen MR) is 199 cm³/mol. The fourth-order valence-electron chi connectivity index (χ4n) is 5.62. The van der Waals surface area contributed by atoms with E-state index in [0.29, 0.717) is 16.5 Å². The van der Waals surface area contributed by atoms with Crippen LogP contribution in [0.25, 0.3) is 21.7 Å². The van der Waals surface area contributed by atoms with Gasteiger partial charge in [-0.05, 0) is 88.6 Å². The number of esters is 3. The van der Waals surface area contributed by atoms with Crippen molar-refractivity contribution in [2.45, 2.75) is 96.6 Å². The molecule has 4 rings (SSSR count). The minimum absolute atomic E-state index is 0.0291. The van der Waals surface area contributed by atoms with E-state index in [-0.39, 0.29) is 25.0 Å². The first-order valence-corrected chi connectivity index (χ1v) is 17.5. The Hall–Kier alpha value is -5.79. The number of amides is 3. The molecule has 0 bridgehead atoms. The molecule has 0 unspecified atom stereocenters. The van der Waals surface area contributed by atoms with Crippen molar-refractivity contribution in [3.8, 4) is 0 Å². The van der Waals surface area contributed by atoms with Crippen LogP contribution < -0.4 is 16.0 Å². The topological polar surface area (TPSA) is 182 Å². The highest BCUT2D eigenvalue weighted by atomic mass is 19.1. The minimum atomic E-state index is -1.59. The number of hydrogen-bond donors (Lipinski definition) is 4. The van der Waals surface area contributed by atoms with Crippen LogP contribution in [0.4, 0.5) is 4.39 Å². The first-order chi connectivity index (χ1) is 25.3. The Labute approximate surface area is 312 Å². The summed E-state index contributed by atoms with van der Waals surface area (Å²) in [7, 11) is 1.11. The van der Waals surface area contributed by atoms with Gasteiger partial charge in [0.1, 0.15) is 40.8 Å². The van der Waals surface area contributed by atoms with Gasteiger partial charge < -0.3 is 35.1 Å². The van der Waals surface area contributed by atoms with Crippen LogP contribution in [0.15, 0.2) is 66.7 Å². The Morgan fingerprint density at radius 3 is 2.00 bits per heavy atom. The number of methoxy groups -OCH3 is 1. The predicted octanol–water partition coefficient (Wildman–Crippen LogP) is 4.80. The number of fused-ring (bicyclic) bond motifs is 2. The molecule has 4 aromatic rings. The first kappa shape index (κ1) is 41.0. The van der Waals surface area contributed by atoms with Crippen LogP contribution in [-0.4, -0.2) is 77.1 Å². The van der Waals surface area contributed by atoms with Gasteiger partial charge in [0.25, 0.3) is 5.91 Å². The van der Waals surface area contributed by atoms with Gasteiger partial charge in [-0.25, -0.2) is 9.18 Å². The van der Waals surface area contributed by atoms with Crippen molar-refractivity contribution in [3.63, 3.8) is 0 Å². The van der Waals surface area contributed by atoms with Crippen LogP contribution in [0.1, 0.15) is 76.9 Å². The van der Waals surface area contributed by atoms with Crippen LogP contribution in [0, 0.1) is 5.82 Å². The molecule has 54 heavy (non-hydrogen) atoms. The van der Waals surface area contributed by atoms with Gasteiger partial charge in [-0.2, -0.15) is 0 Å². The molecule has 4 N–H and O–H groups in total. The molecule has 3 amide bonds. The average Bonchev–Trinajstić information content (AvgIpc) is 3.51. The second-order valence-corrected chi connectivity index (χ2v) is 14.9. The lowest BCUT2D eigenvalue weighted by molar-refractivity contribution is -0.156. The van der Waals surface area contributed by atoms with Crippen LogP contribution in [0.2, 0.25) is 0 Å². The fourth-order valence-corrected chi connectivity index (χ4v) is 5.62. The van der Waals surface area contributed by atoms with Crippen molar-refractivity contribution in [1.82, 2.24) is 20.9 Å². The van der Waals surface area contributed by atoms with E-state index in [1.165, 1.54) is 24.3 Å². The number of rotatable bonds is 14. The van der Waals surface area contributed by atoms with Gasteiger partial charge in [-0.3, -0.25) is 24.0 Å². The molecule has 0 saturated carbocycles. The summed E-state index contributed by atoms with van der Waals surface area (Å²) in [5.41, 5.74) is -0.485. The number of hydrogen-bond acceptors (Lipinski definition) is 9. The molecule has 0 fully saturated rings. The Balaban J connectivity index is 1.62. The molecular formula is C40H47FN4O9. The molecule has 0 aliphatic carbocycles. The zero-order valence-corrected chi connectivity index (χ0v) is 31.5. The maximum Gasteiger partial charge on any atom is 0.328 e. The second kappa shape index (κ2) is 17.4. The summed E-state index contributed by atoms with van der Waals surface area (Å²) in [4.78, 5) is 82.6. The number of aromatic nitrogens is 1. The number of aromatic amines is 1. The van der Waals surface area contributed by atoms with E-state index in [1.54, 1.807) is 47.6 Å². The van der Waals surface area contributed by atoms with Gasteiger partial charge in [0.05, 0.1) is 13.5 Å². The molecule has 3 aromatic carbocycles. The highest BCUT2D eigenvalue weighted by Crippen LogP contribution is 2.20. The summed E-state index contributed by atoms with van der Waals surface area (Å²) >= 11 is 0. The van der Waals surface area contributed by atoms with Gasteiger partial charge in [0.2, 0.25) is 11.8 Å². The van der Waals surface area contributed by atoms with Crippen LogP contribution >= 0.6 is 0 Å². The van der Waals surface area contributed by atoms with Crippen LogP contribution in [0.5, 0.6) is 0 Å². The summed E-state index contributed by atoms with van der Waals surface area (Å²) in [6, 6.07) is 14.3. The number of benzene rings is 3. The summed E-state index contributed by atoms with van der Waals surface area (Å²) in [6.07, 6.45) is -1.12. The average molecular weight is 747 g/mol. The molecule has 1 heterocycles. The van der Waals surface area contributed by atoms with E-state index in [2.05, 4.69) is 20.9 Å². The fraction of sp³-hybridized carbons (Fsp3) is 0.400. The third-order valence-electron chi connectivity index (χ3n) is 7.99. The third-order valence-corrected chi connectivity index (χ3v) is 7.99. The Bertz CT molecular complexity index is 2030. The molecule has 14 heteroatoms. The molecular weight excluding hydrogens is 699 g/mol. The number of nitrogens with one attached hydrogen (secondary N) is 4. The van der Waals surface area contributed by atoms with Gasteiger partial charge in [-0.15, -0.1) is 0 Å². The summed E-state index contributed by atoms with van der Waals surface area (Å²) < 4.78 is 29.5. The molecule has 0 spiro atoms. The van der Waals surface area contributed by atoms with Crippen molar-refractivity contribution < 1.29 is 47.4 Å². The first-order valence-electron chi connectivity index (χ1n) is 17.5. The lowest BCUT2D eigenvalue weighted by Gasteiger charge is -2.26. The number of ether oxygens (including phenoxy) is 3. The normalized spacial score (nSPS) is 13.3. The Kier molecular flexibility index (Phi) is 13.2. The van der Waals surface area contributed by atoms with E-state index in [0.717, 1.165) is 17.9 Å². The molecule has 3 atom stereocenters. The molecule has 0 radical (unpaired) electrons. The molecule has 0 aliphatic heterocycles. The number of H-pyrrole nitrogens is 1. The number of carbonyl (C=O) groups excluding carboxylic acids is 6. The van der Waals surface area contributed by atoms with Gasteiger partial charge in [-0.1, -0.05) is 42.5 Å². The lowest BCUT2D eigenvalue weighted by Crippen LogP contribution is -2.57. The SMILES string of the molecule is COC(=O)[C@H](CCC(=O)OC(C)(C)C)NC(=O)[C@H](CC(=O)OC(C)(C)C)NC(=O)[C@H](Cc1ccc2ccccc2c1)NC(=O)c1cc2cc(F)ccc2[nH]1. The van der Waals surface area contributed by atoms with Crippen molar-refractivity contribution in [3.05, 3.63) is 83.8 Å². The maximum atomic E-state index is 14.1. The largest absolute Gasteiger partial charge is 0.467 e. The van der Waals surface area contributed by atoms with Crippen LogP contribution in [-0.2, 0) is 44.6 Å². The second-order valence-electron chi connectivity index (χ2n) is 14.9. The highest BCUT2D eigenvalue weighted by molar-refractivity contribution is 6.01. The van der Waals surface area contributed by atoms with Crippen molar-refractivity contribution in [2.75, 3.05) is 7.11 Å². The molecule has 13 nitrogen and oxygen atoms in total. The summed E-state index contributed by atoms with van der Waals surface area (Å²) in [5, 5.41) is 10.1. The summed E-state index contributed by atoms with van der Waals surface area (Å²) in [6.45, 7) is 9.96. The van der Waals surface area contributed by atoms with Crippen LogP contribution in [0.3, 0.4) is 0 Å². The highest BCUT2D eigenvalue weighted by Gasteiger charge is 2.34. The summed E-state index contributed by atoms with van der Waals surface area (Å²) in [5.74, 6) is -5.26. The number of halogens is 1. The Morgan fingerprint density at radius 2 is 1.33 bits per heavy atom. The zero-order chi connectivity index (χ0) is 39.8. The van der Waals surface area contributed by atoms with E-state index in [4.69, 9.17) is 14.2 Å². The number of carbonyl (C=O) groups is 6. The minimum Gasteiger partial charge on any atom is -0.467 e. The zero-order valence-electron chi connectivity index (χ0n) is 31.5. The standard InChI is InChI=1S/C40H47FN4O9/c1-39(2,3)53-33(46)17-16-29(38(51)52-7)43-37(50)32(22-34(47)54-40(4,5)6)45-35(48)30(19-23-12-13-24-10-8-9-11-25(24)18-23)44-36(49)31-21-26-20-27(41)14-15-28(26)42-31/h8-15,18,20-21,29-30,32,42H,16-17,19,22H2,1-7H3,(H,43,50)(H,44,49)(H,45,48)/t29-,30-,32-/m0/s1. The Morgan fingerprint density at radius 1 is 0.704 bits per heavy atom. The quantitative estimate of drug-likeness (QED) is 0.104. The molecule has 288 valence electrons. The van der Waals surface area contributed by atoms with Crippen molar-refractivity contribution >= 4 is 57.3 Å². The smallest absolute Gasteiger partial charge is 0.328 e. The van der Waals surface area contributed by atoms with Gasteiger partial charge in [0, 0.05) is 23.7 Å². The molecule has 1 aromatic heterocycles. The monoisotopic (exact) mass is 746 g/mol. The van der Waals surface area contributed by atoms with Crippen molar-refractivity contribution in [2.24, 2.45) is 0 Å². The van der Waals surface area contributed by atoms with Gasteiger partial charge >= 0.3 is 17.9 Å². The maximum absolute atomic E-state index is 14.1. The van der Waals surface area contributed by atoms with Gasteiger partial charge in [0.15, 0.2) is 0 Å². The van der Waals surface area contributed by atoms with E-state index in [9.17, 15) is 33.2 Å². The lowest BCUT2D eigenvalue weighted by atomic mass is 10.0. The third kappa shape index (κ3) is 12.1. The molecule has 0 aliphatic rings. The van der Waals surface area contributed by atoms with E-state index >= 15 is 0 Å². The van der Waals surface area contributed by atoms with Crippen molar-refractivity contribution in [1.29, 1.82) is 0 Å². The van der Waals surface area contributed by atoms with E-state index < -0.39 is 77.2 Å². The molecule has 0 saturated heterocycles.